The number of hydrogen-bond acceptors (Lipinski definition) is 4. The number of nitrogens with zero attached hydrogens (tertiary/aromatic N) is 1. The molecule has 1 N–H and O–H groups in total. The maximum atomic E-state index is 10.8. The van der Waals surface area contributed by atoms with Gasteiger partial charge in [-0.05, 0) is 97.1 Å². The fourth-order valence-electron chi connectivity index (χ4n) is 6.37. The highest BCUT2D eigenvalue weighted by atomic mass is 16.6. The fourth-order valence-corrected chi connectivity index (χ4v) is 6.37. The molecule has 5 heteroatoms. The Bertz CT molecular complexity index is 940. The first-order valence-electron chi connectivity index (χ1n) is 10.7. The number of rotatable bonds is 3. The molecule has 0 aromatic heterocycles. The lowest BCUT2D eigenvalue weighted by Gasteiger charge is -2.50. The van der Waals surface area contributed by atoms with Gasteiger partial charge in [-0.1, -0.05) is 13.0 Å². The second-order valence-corrected chi connectivity index (χ2v) is 9.27. The van der Waals surface area contributed by atoms with Crippen molar-refractivity contribution in [2.75, 3.05) is 0 Å². The van der Waals surface area contributed by atoms with E-state index in [0.717, 1.165) is 37.9 Å². The standard InChI is InChI=1S/C24H27NO4/c1-24-13-12-20-19-9-7-18(29-17-5-3-16(4-6-17)25(27)28)14-15(19)2-8-21(20)22(24)10-11-23(24)26/h3-7,9,14,20-23,26H,2,8,10-13H2,1H3/t20-,21+,22-,23-,24+/m1/s1. The molecule has 5 nitrogen and oxygen atoms in total. The van der Waals surface area contributed by atoms with Crippen LogP contribution in [-0.2, 0) is 6.42 Å². The molecule has 2 fully saturated rings. The Labute approximate surface area is 170 Å². The van der Waals surface area contributed by atoms with Crippen LogP contribution in [-0.4, -0.2) is 16.1 Å². The topological polar surface area (TPSA) is 72.6 Å². The number of ether oxygens (including phenoxy) is 1. The van der Waals surface area contributed by atoms with Crippen molar-refractivity contribution in [1.29, 1.82) is 0 Å². The third-order valence-corrected chi connectivity index (χ3v) is 7.93. The molecule has 0 bridgehead atoms. The van der Waals surface area contributed by atoms with Gasteiger partial charge in [-0.25, -0.2) is 0 Å². The molecular weight excluding hydrogens is 366 g/mol. The highest BCUT2D eigenvalue weighted by Crippen LogP contribution is 2.60. The number of fused-ring (bicyclic) bond motifs is 5. The summed E-state index contributed by atoms with van der Waals surface area (Å²) in [5.74, 6) is 3.31. The lowest BCUT2D eigenvalue weighted by atomic mass is 9.55. The molecule has 3 aliphatic rings. The number of nitro groups is 1. The SMILES string of the molecule is C[C@]12CC[C@@H]3c4ccc(Oc5ccc([N+](=O)[O-])cc5)cc4CC[C@@H]3[C@H]1CC[C@H]2O. The molecule has 0 aliphatic heterocycles. The van der Waals surface area contributed by atoms with Crippen molar-refractivity contribution in [3.8, 4) is 11.5 Å². The van der Waals surface area contributed by atoms with E-state index in [1.807, 2.05) is 6.07 Å². The first-order chi connectivity index (χ1) is 14.0. The summed E-state index contributed by atoms with van der Waals surface area (Å²) in [7, 11) is 0. The Balaban J connectivity index is 1.36. The van der Waals surface area contributed by atoms with Crippen molar-refractivity contribution in [3.63, 3.8) is 0 Å². The number of benzene rings is 2. The highest BCUT2D eigenvalue weighted by Gasteiger charge is 2.54. The monoisotopic (exact) mass is 393 g/mol. The highest BCUT2D eigenvalue weighted by molar-refractivity contribution is 5.43. The zero-order valence-electron chi connectivity index (χ0n) is 16.7. The first-order valence-corrected chi connectivity index (χ1v) is 10.7. The van der Waals surface area contributed by atoms with Crippen LogP contribution in [0.1, 0.15) is 56.1 Å². The van der Waals surface area contributed by atoms with E-state index in [1.165, 1.54) is 29.7 Å². The van der Waals surface area contributed by atoms with Gasteiger partial charge in [0.1, 0.15) is 11.5 Å². The van der Waals surface area contributed by atoms with E-state index in [0.29, 0.717) is 23.5 Å². The van der Waals surface area contributed by atoms with Crippen LogP contribution in [0.2, 0.25) is 0 Å². The second-order valence-electron chi connectivity index (χ2n) is 9.27. The Morgan fingerprint density at radius 1 is 1.07 bits per heavy atom. The third kappa shape index (κ3) is 3.03. The van der Waals surface area contributed by atoms with Gasteiger partial charge in [-0.2, -0.15) is 0 Å². The van der Waals surface area contributed by atoms with Gasteiger partial charge in [-0.15, -0.1) is 0 Å². The molecule has 5 atom stereocenters. The third-order valence-electron chi connectivity index (χ3n) is 7.93. The summed E-state index contributed by atoms with van der Waals surface area (Å²) in [5.41, 5.74) is 3.00. The summed E-state index contributed by atoms with van der Waals surface area (Å²) in [6.07, 6.45) is 6.49. The predicted molar refractivity (Wildman–Crippen MR) is 110 cm³/mol. The van der Waals surface area contributed by atoms with Gasteiger partial charge in [0.15, 0.2) is 0 Å². The van der Waals surface area contributed by atoms with E-state index in [2.05, 4.69) is 19.1 Å². The minimum absolute atomic E-state index is 0.0650. The zero-order valence-corrected chi connectivity index (χ0v) is 16.7. The largest absolute Gasteiger partial charge is 0.457 e. The quantitative estimate of drug-likeness (QED) is 0.544. The Hall–Kier alpha value is -2.40. The van der Waals surface area contributed by atoms with E-state index in [9.17, 15) is 15.2 Å². The Morgan fingerprint density at radius 3 is 2.59 bits per heavy atom. The molecule has 0 unspecified atom stereocenters. The maximum Gasteiger partial charge on any atom is 0.269 e. The molecule has 2 saturated carbocycles. The lowest BCUT2D eigenvalue weighted by molar-refractivity contribution is -0.384. The van der Waals surface area contributed by atoms with Crippen molar-refractivity contribution in [1.82, 2.24) is 0 Å². The predicted octanol–water partition coefficient (Wildman–Crippen LogP) is 5.60. The van der Waals surface area contributed by atoms with E-state index < -0.39 is 4.92 Å². The molecule has 0 radical (unpaired) electrons. The van der Waals surface area contributed by atoms with Gasteiger partial charge >= 0.3 is 0 Å². The fraction of sp³-hybridized carbons (Fsp3) is 0.500. The summed E-state index contributed by atoms with van der Waals surface area (Å²) >= 11 is 0. The minimum atomic E-state index is -0.405. The average molecular weight is 393 g/mol. The molecule has 0 spiro atoms. The van der Waals surface area contributed by atoms with Gasteiger partial charge in [0, 0.05) is 12.1 Å². The normalized spacial score (nSPS) is 32.8. The summed E-state index contributed by atoms with van der Waals surface area (Å²) in [6.45, 7) is 2.31. The number of aliphatic hydroxyl groups excluding tert-OH is 1. The summed E-state index contributed by atoms with van der Waals surface area (Å²) < 4.78 is 5.96. The Morgan fingerprint density at radius 2 is 1.83 bits per heavy atom. The van der Waals surface area contributed by atoms with Crippen LogP contribution in [0.3, 0.4) is 0 Å². The van der Waals surface area contributed by atoms with Crippen LogP contribution < -0.4 is 4.74 Å². The minimum Gasteiger partial charge on any atom is -0.457 e. The van der Waals surface area contributed by atoms with E-state index in [-0.39, 0.29) is 17.2 Å². The van der Waals surface area contributed by atoms with E-state index in [4.69, 9.17) is 4.74 Å². The summed E-state index contributed by atoms with van der Waals surface area (Å²) in [6, 6.07) is 12.6. The summed E-state index contributed by atoms with van der Waals surface area (Å²) in [4.78, 5) is 10.4. The molecule has 0 saturated heterocycles. The first kappa shape index (κ1) is 18.6. The molecule has 2 aromatic rings. The molecule has 3 aliphatic carbocycles. The van der Waals surface area contributed by atoms with Crippen molar-refractivity contribution < 1.29 is 14.8 Å². The zero-order chi connectivity index (χ0) is 20.2. The van der Waals surface area contributed by atoms with Crippen molar-refractivity contribution in [2.24, 2.45) is 17.3 Å². The number of hydrogen-bond donors (Lipinski definition) is 1. The van der Waals surface area contributed by atoms with Gasteiger partial charge in [0.25, 0.3) is 5.69 Å². The number of aryl methyl sites for hydroxylation is 1. The molecular formula is C24H27NO4. The molecule has 0 heterocycles. The van der Waals surface area contributed by atoms with E-state index in [1.54, 1.807) is 12.1 Å². The van der Waals surface area contributed by atoms with Crippen molar-refractivity contribution in [3.05, 3.63) is 63.7 Å². The maximum absolute atomic E-state index is 10.8. The summed E-state index contributed by atoms with van der Waals surface area (Å²) in [5, 5.41) is 21.3. The number of non-ortho nitro benzene ring substituents is 1. The van der Waals surface area contributed by atoms with Crippen LogP contribution in [0.4, 0.5) is 5.69 Å². The van der Waals surface area contributed by atoms with Crippen LogP contribution in [0.5, 0.6) is 11.5 Å². The van der Waals surface area contributed by atoms with E-state index >= 15 is 0 Å². The second kappa shape index (κ2) is 6.84. The van der Waals surface area contributed by atoms with Gasteiger partial charge in [-0.3, -0.25) is 10.1 Å². The molecule has 152 valence electrons. The number of aliphatic hydroxyl groups is 1. The smallest absolute Gasteiger partial charge is 0.269 e. The molecule has 29 heavy (non-hydrogen) atoms. The van der Waals surface area contributed by atoms with Gasteiger partial charge in [0.2, 0.25) is 0 Å². The van der Waals surface area contributed by atoms with Crippen LogP contribution in [0.25, 0.3) is 0 Å². The number of nitro benzene ring substituents is 1. The lowest BCUT2D eigenvalue weighted by Crippen LogP contribution is -2.43. The van der Waals surface area contributed by atoms with Crippen LogP contribution >= 0.6 is 0 Å². The van der Waals surface area contributed by atoms with Crippen LogP contribution in [0.15, 0.2) is 42.5 Å². The van der Waals surface area contributed by atoms with Crippen molar-refractivity contribution in [2.45, 2.75) is 57.5 Å². The van der Waals surface area contributed by atoms with Gasteiger partial charge in [0.05, 0.1) is 11.0 Å². The average Bonchev–Trinajstić information content (AvgIpc) is 3.03. The van der Waals surface area contributed by atoms with Crippen LogP contribution in [0, 0.1) is 27.4 Å². The van der Waals surface area contributed by atoms with Gasteiger partial charge < -0.3 is 9.84 Å². The molecule has 0 amide bonds. The molecule has 5 rings (SSSR count). The van der Waals surface area contributed by atoms with Crippen molar-refractivity contribution >= 4 is 5.69 Å². The Kier molecular flexibility index (Phi) is 4.39. The molecule has 2 aromatic carbocycles.